The van der Waals surface area contributed by atoms with Crippen molar-refractivity contribution in [1.82, 2.24) is 0 Å². The predicted molar refractivity (Wildman–Crippen MR) is 162 cm³/mol. The first-order valence-electron chi connectivity index (χ1n) is 13.5. The molecule has 2 aliphatic rings. The monoisotopic (exact) mass is 610 g/mol. The molecule has 4 heteroatoms. The standard InChI is InChI=1S/C16H13.C13H15.C2H5.CH5Si.2ClH.Zr/c1-12-10-14-8-5-9-15(16(14)11-12)13-6-3-2-4-7-13;1-9(2)12-6-4-5-11-7-10(3)8-13(11)12;2*1-2;;;/h2-11H,1H3;4-9H,1-3H3;1H2,2H3;2H2,1H3;2*1H;/q;;;;;;+2/p-2. The van der Waals surface area contributed by atoms with Gasteiger partial charge in [0.25, 0.3) is 0 Å². The summed E-state index contributed by atoms with van der Waals surface area (Å²) in [6, 6.07) is 24.3. The molecular weight excluding hydrogens is 575 g/mol. The van der Waals surface area contributed by atoms with Gasteiger partial charge in [-0.1, -0.05) is 0 Å². The van der Waals surface area contributed by atoms with Gasteiger partial charge in [-0.15, -0.1) is 0 Å². The van der Waals surface area contributed by atoms with E-state index < -0.39 is 20.7 Å². The van der Waals surface area contributed by atoms with Crippen molar-refractivity contribution in [1.29, 1.82) is 0 Å². The molecule has 188 valence electrons. The van der Waals surface area contributed by atoms with E-state index >= 15 is 0 Å². The zero-order chi connectivity index (χ0) is 25.9. The number of rotatable bonds is 6. The fraction of sp³-hybridized carbons (Fsp3) is 0.312. The first-order valence-corrected chi connectivity index (χ1v) is 31.7. The molecule has 0 bridgehead atoms. The van der Waals surface area contributed by atoms with Crippen molar-refractivity contribution in [3.63, 3.8) is 0 Å². The van der Waals surface area contributed by atoms with Crippen LogP contribution in [-0.4, -0.2) is 6.65 Å². The Kier molecular flexibility index (Phi) is 6.36. The Hall–Kier alpha value is -1.18. The summed E-state index contributed by atoms with van der Waals surface area (Å²) in [6.07, 6.45) is 4.82. The van der Waals surface area contributed by atoms with Crippen LogP contribution in [-0.2, 0) is 14.1 Å². The summed E-state index contributed by atoms with van der Waals surface area (Å²) < 4.78 is 1.15. The SMILES string of the molecule is C[CH2][Zr]([Cl])([Cl])([SiH2]C)([CH]1C(C)=Cc2c(-c3ccccc3)cccc21)[CH]1C(C)=Cc2c(C(C)C)cccc21. The van der Waals surface area contributed by atoms with Crippen LogP contribution in [0.25, 0.3) is 23.3 Å². The zero-order valence-electron chi connectivity index (χ0n) is 22.4. The Labute approximate surface area is 223 Å². The molecule has 0 fully saturated rings. The molecule has 0 aromatic heterocycles. The number of benzene rings is 3. The molecule has 0 saturated heterocycles. The molecule has 0 radical (unpaired) electrons. The number of hydrogen-bond donors (Lipinski definition) is 0. The molecule has 0 aliphatic heterocycles. The van der Waals surface area contributed by atoms with Crippen LogP contribution in [0.5, 0.6) is 0 Å². The normalized spacial score (nSPS) is 21.2. The van der Waals surface area contributed by atoms with Gasteiger partial charge in [0.1, 0.15) is 0 Å². The van der Waals surface area contributed by atoms with Gasteiger partial charge in [0.2, 0.25) is 0 Å². The van der Waals surface area contributed by atoms with Crippen molar-refractivity contribution in [2.75, 3.05) is 0 Å². The Morgan fingerprint density at radius 1 is 0.778 bits per heavy atom. The molecule has 36 heavy (non-hydrogen) atoms. The van der Waals surface area contributed by atoms with Gasteiger partial charge in [-0.25, -0.2) is 0 Å². The first kappa shape index (κ1) is 26.4. The van der Waals surface area contributed by atoms with Crippen LogP contribution >= 0.6 is 17.0 Å². The second-order valence-corrected chi connectivity index (χ2v) is 65.6. The molecule has 2 aliphatic carbocycles. The first-order chi connectivity index (χ1) is 17.0. The van der Waals surface area contributed by atoms with Crippen LogP contribution < -0.4 is 0 Å². The molecule has 2 atom stereocenters. The Bertz CT molecular complexity index is 1420. The van der Waals surface area contributed by atoms with Gasteiger partial charge in [-0.2, -0.15) is 0 Å². The third kappa shape index (κ3) is 3.54. The topological polar surface area (TPSA) is 0 Å². The summed E-state index contributed by atoms with van der Waals surface area (Å²) in [6.45, 7) is 13.0. The van der Waals surface area contributed by atoms with Gasteiger partial charge >= 0.3 is 225 Å². The molecule has 5 rings (SSSR count). The molecule has 3 aromatic carbocycles. The fourth-order valence-corrected chi connectivity index (χ4v) is 47.0. The second kappa shape index (κ2) is 8.67. The number of fused-ring (bicyclic) bond motifs is 2. The number of halogens is 2. The third-order valence-corrected chi connectivity index (χ3v) is 67.0. The van der Waals surface area contributed by atoms with E-state index in [0.717, 1.165) is 4.13 Å². The van der Waals surface area contributed by atoms with Gasteiger partial charge in [0, 0.05) is 0 Å². The van der Waals surface area contributed by atoms with E-state index in [9.17, 15) is 0 Å². The molecule has 0 N–H and O–H groups in total. The summed E-state index contributed by atoms with van der Waals surface area (Å²) >= 11 is -5.10. The van der Waals surface area contributed by atoms with Crippen molar-refractivity contribution >= 4 is 35.8 Å². The van der Waals surface area contributed by atoms with Crippen LogP contribution in [0.4, 0.5) is 0 Å². The molecule has 0 amide bonds. The van der Waals surface area contributed by atoms with Crippen molar-refractivity contribution in [2.24, 2.45) is 0 Å². The maximum absolute atomic E-state index is 8.56. The summed E-state index contributed by atoms with van der Waals surface area (Å²) in [7, 11) is 17.1. The Balaban J connectivity index is 1.80. The fourth-order valence-electron chi connectivity index (χ4n) is 7.84. The van der Waals surface area contributed by atoms with E-state index in [4.69, 9.17) is 17.0 Å². The summed E-state index contributed by atoms with van der Waals surface area (Å²) in [5.74, 6) is 0.465. The molecule has 3 aromatic rings. The van der Waals surface area contributed by atoms with E-state index in [-0.39, 0.29) is 7.25 Å². The van der Waals surface area contributed by atoms with Crippen LogP contribution in [0.15, 0.2) is 77.9 Å². The molecule has 2 unspecified atom stereocenters. The maximum atomic E-state index is 8.56. The third-order valence-electron chi connectivity index (χ3n) is 9.73. The second-order valence-electron chi connectivity index (χ2n) is 11.8. The minimum atomic E-state index is -5.10. The molecular formula is C32H38Cl2SiZr. The van der Waals surface area contributed by atoms with Gasteiger partial charge in [0.15, 0.2) is 0 Å². The van der Waals surface area contributed by atoms with Crippen molar-refractivity contribution in [3.05, 3.63) is 106 Å². The van der Waals surface area contributed by atoms with E-state index in [0.29, 0.717) is 5.92 Å². The average molecular weight is 613 g/mol. The van der Waals surface area contributed by atoms with E-state index in [1.807, 2.05) is 0 Å². The molecule has 0 heterocycles. The van der Waals surface area contributed by atoms with Crippen LogP contribution in [0, 0.1) is 0 Å². The van der Waals surface area contributed by atoms with E-state index in [2.05, 4.69) is 120 Å². The molecule has 0 spiro atoms. The van der Waals surface area contributed by atoms with Gasteiger partial charge < -0.3 is 0 Å². The van der Waals surface area contributed by atoms with Gasteiger partial charge in [-0.3, -0.25) is 0 Å². The number of allylic oxidation sites excluding steroid dienone is 2. The van der Waals surface area contributed by atoms with Gasteiger partial charge in [-0.05, 0) is 0 Å². The van der Waals surface area contributed by atoms with Crippen molar-refractivity contribution in [2.45, 2.75) is 58.5 Å². The summed E-state index contributed by atoms with van der Waals surface area (Å²) in [5.41, 5.74) is 12.1. The van der Waals surface area contributed by atoms with Crippen LogP contribution in [0.2, 0.25) is 10.7 Å². The van der Waals surface area contributed by atoms with Crippen molar-refractivity contribution < 1.29 is 14.1 Å². The molecule has 0 nitrogen and oxygen atoms in total. The number of hydrogen-bond acceptors (Lipinski definition) is 0. The quantitative estimate of drug-likeness (QED) is 0.243. The predicted octanol–water partition coefficient (Wildman–Crippen LogP) is 10.2. The summed E-state index contributed by atoms with van der Waals surface area (Å²) in [4.78, 5) is 0. The van der Waals surface area contributed by atoms with Crippen LogP contribution in [0.3, 0.4) is 0 Å². The van der Waals surface area contributed by atoms with E-state index in [1.54, 1.807) is 0 Å². The van der Waals surface area contributed by atoms with Gasteiger partial charge in [0.05, 0.1) is 0 Å². The zero-order valence-corrected chi connectivity index (χ0v) is 27.8. The summed E-state index contributed by atoms with van der Waals surface area (Å²) in [5, 5.41) is 0. The minimum absolute atomic E-state index is 0.122. The van der Waals surface area contributed by atoms with Crippen LogP contribution in [0.1, 0.15) is 75.6 Å². The molecule has 0 saturated carbocycles. The van der Waals surface area contributed by atoms with E-state index in [1.165, 1.54) is 50.1 Å². The Morgan fingerprint density at radius 2 is 1.33 bits per heavy atom. The average Bonchev–Trinajstić information content (AvgIpc) is 3.41. The Morgan fingerprint density at radius 3 is 1.89 bits per heavy atom. The van der Waals surface area contributed by atoms with Crippen molar-refractivity contribution in [3.8, 4) is 11.1 Å².